The highest BCUT2D eigenvalue weighted by Crippen LogP contribution is 2.45. The van der Waals surface area contributed by atoms with Crippen molar-refractivity contribution < 1.29 is 33.8 Å². The van der Waals surface area contributed by atoms with Gasteiger partial charge >= 0.3 is 18.2 Å². The van der Waals surface area contributed by atoms with E-state index in [1.807, 2.05) is 67.6 Å². The van der Waals surface area contributed by atoms with Crippen LogP contribution in [0.15, 0.2) is 97.1 Å². The normalized spacial score (nSPS) is 12.9. The first kappa shape index (κ1) is 40.7. The van der Waals surface area contributed by atoms with E-state index in [2.05, 4.69) is 58.1 Å². The number of carboxylic acid groups (broad SMARTS) is 1. The van der Waals surface area contributed by atoms with Crippen LogP contribution in [0.3, 0.4) is 0 Å². The van der Waals surface area contributed by atoms with Crippen LogP contribution in [0.2, 0.25) is 0 Å². The van der Waals surface area contributed by atoms with E-state index in [1.165, 1.54) is 18.2 Å². The van der Waals surface area contributed by atoms with E-state index < -0.39 is 30.2 Å². The monoisotopic (exact) mass is 710 g/mol. The van der Waals surface area contributed by atoms with Gasteiger partial charge in [-0.25, -0.2) is 14.4 Å². The lowest BCUT2D eigenvalue weighted by atomic mass is 9.98. The molecule has 0 spiro atoms. The molecule has 11 heteroatoms. The zero-order chi connectivity index (χ0) is 36.9. The van der Waals surface area contributed by atoms with Crippen molar-refractivity contribution in [3.8, 4) is 22.3 Å². The minimum atomic E-state index is -1.06. The number of likely N-dealkylation sites (N-methyl/N-ethyl adjacent to an activating group) is 1. The van der Waals surface area contributed by atoms with Gasteiger partial charge in [-0.15, -0.1) is 0 Å². The zero-order valence-corrected chi connectivity index (χ0v) is 29.3. The van der Waals surface area contributed by atoms with Crippen molar-refractivity contribution in [1.82, 2.24) is 16.0 Å². The van der Waals surface area contributed by atoms with E-state index in [1.54, 1.807) is 14.0 Å². The van der Waals surface area contributed by atoms with Crippen LogP contribution >= 0.6 is 0 Å². The molecule has 4 aromatic carbocycles. The molecule has 2 aliphatic rings. The molecule has 0 aliphatic heterocycles. The van der Waals surface area contributed by atoms with Crippen molar-refractivity contribution in [2.75, 3.05) is 27.3 Å². The summed E-state index contributed by atoms with van der Waals surface area (Å²) in [4.78, 5) is 46.7. The van der Waals surface area contributed by atoms with E-state index in [0.29, 0.717) is 12.8 Å². The Morgan fingerprint density at radius 1 is 0.615 bits per heavy atom. The first-order valence-electron chi connectivity index (χ1n) is 17.0. The number of carboxylic acids is 1. The van der Waals surface area contributed by atoms with Gasteiger partial charge in [0.25, 0.3) is 0 Å². The van der Waals surface area contributed by atoms with Crippen molar-refractivity contribution in [2.45, 2.75) is 58.0 Å². The van der Waals surface area contributed by atoms with E-state index in [-0.39, 0.29) is 38.4 Å². The van der Waals surface area contributed by atoms with Gasteiger partial charge in [-0.3, -0.25) is 4.79 Å². The van der Waals surface area contributed by atoms with Crippen LogP contribution in [0.25, 0.3) is 22.3 Å². The third kappa shape index (κ3) is 9.35. The highest BCUT2D eigenvalue weighted by molar-refractivity contribution is 5.85. The van der Waals surface area contributed by atoms with Gasteiger partial charge in [0.2, 0.25) is 5.91 Å². The molecule has 276 valence electrons. The van der Waals surface area contributed by atoms with Crippen LogP contribution in [0.4, 0.5) is 9.59 Å². The molecule has 0 bridgehead atoms. The molecule has 3 amide bonds. The summed E-state index contributed by atoms with van der Waals surface area (Å²) < 4.78 is 10.7. The van der Waals surface area contributed by atoms with Crippen LogP contribution in [-0.2, 0) is 19.1 Å². The molecule has 52 heavy (non-hydrogen) atoms. The Morgan fingerprint density at radius 3 is 1.21 bits per heavy atom. The highest BCUT2D eigenvalue weighted by Gasteiger charge is 2.31. The summed E-state index contributed by atoms with van der Waals surface area (Å²) in [6.45, 7) is 3.95. The Bertz CT molecular complexity index is 1740. The van der Waals surface area contributed by atoms with Crippen LogP contribution in [0.5, 0.6) is 0 Å². The summed E-state index contributed by atoms with van der Waals surface area (Å²) in [5.74, 6) is -1.31. The van der Waals surface area contributed by atoms with Crippen molar-refractivity contribution in [1.29, 1.82) is 0 Å². The second kappa shape index (κ2) is 19.6. The quantitative estimate of drug-likeness (QED) is 0.122. The summed E-state index contributed by atoms with van der Waals surface area (Å²) in [5, 5.41) is 16.5. The molecular weight excluding hydrogens is 660 g/mol. The standard InChI is InChI=1S/C20H22N2O3.C19H19NO4.CH5N.CH4/c1-3-18(19(23)21-2)22-20(24)25-12-17-15-10-6-4-8-13(15)14-9-5-7-11-16(14)17;1-2-17(18(21)22)20-19(23)24-11-16-14-9-5-3-7-12(14)13-8-4-6-10-15(13)16;1-2;/h4-11,17-18H,3,12H2,1-2H3,(H,21,23)(H,22,24);3-10,16-17H,2,11H2,1H3,(H,20,23)(H,21,22);2H2,1H3;1H4. The summed E-state index contributed by atoms with van der Waals surface area (Å²) in [6.07, 6.45) is -0.466. The van der Waals surface area contributed by atoms with E-state index in [4.69, 9.17) is 14.6 Å². The molecule has 0 radical (unpaired) electrons. The molecule has 0 saturated heterocycles. The lowest BCUT2D eigenvalue weighted by Crippen LogP contribution is -2.45. The van der Waals surface area contributed by atoms with E-state index in [0.717, 1.165) is 33.4 Å². The third-order valence-corrected chi connectivity index (χ3v) is 8.95. The first-order chi connectivity index (χ1) is 24.8. The number of hydrogen-bond acceptors (Lipinski definition) is 7. The fourth-order valence-corrected chi connectivity index (χ4v) is 6.43. The maximum absolute atomic E-state index is 12.1. The Morgan fingerprint density at radius 2 is 0.923 bits per heavy atom. The molecule has 0 fully saturated rings. The number of ether oxygens (including phenoxy) is 2. The van der Waals surface area contributed by atoms with Crippen molar-refractivity contribution >= 4 is 24.1 Å². The van der Waals surface area contributed by atoms with Crippen molar-refractivity contribution in [3.05, 3.63) is 119 Å². The zero-order valence-electron chi connectivity index (χ0n) is 29.3. The maximum atomic E-state index is 12.1. The number of carbonyl (C=O) groups is 4. The SMILES string of the molecule is C.CCC(NC(=O)OCC1c2ccccc2-c2ccccc21)C(=O)NC.CCC(NC(=O)OCC1c2ccccc2-c2ccccc21)C(=O)O.CN. The minimum Gasteiger partial charge on any atom is -0.480 e. The smallest absolute Gasteiger partial charge is 0.407 e. The van der Waals surface area contributed by atoms with E-state index >= 15 is 0 Å². The number of fused-ring (bicyclic) bond motifs is 6. The number of rotatable bonds is 10. The number of amides is 3. The first-order valence-corrected chi connectivity index (χ1v) is 17.0. The van der Waals surface area contributed by atoms with Crippen LogP contribution in [0.1, 0.15) is 68.2 Å². The van der Waals surface area contributed by atoms with Gasteiger partial charge < -0.3 is 36.3 Å². The fraction of sp³-hybridized carbons (Fsp3) is 0.317. The van der Waals surface area contributed by atoms with Gasteiger partial charge in [0.15, 0.2) is 0 Å². The van der Waals surface area contributed by atoms with Gasteiger partial charge in [-0.1, -0.05) is 118 Å². The fourth-order valence-electron chi connectivity index (χ4n) is 6.43. The molecule has 4 aromatic rings. The largest absolute Gasteiger partial charge is 0.480 e. The lowest BCUT2D eigenvalue weighted by Gasteiger charge is -2.18. The number of aliphatic carboxylic acids is 1. The van der Waals surface area contributed by atoms with E-state index in [9.17, 15) is 19.2 Å². The third-order valence-electron chi connectivity index (χ3n) is 8.95. The average molecular weight is 711 g/mol. The molecular formula is C41H50N4O7. The molecule has 2 aliphatic carbocycles. The molecule has 0 heterocycles. The van der Waals surface area contributed by atoms with Crippen molar-refractivity contribution in [3.63, 3.8) is 0 Å². The molecule has 6 N–H and O–H groups in total. The Labute approximate surface area is 305 Å². The summed E-state index contributed by atoms with van der Waals surface area (Å²) in [5.41, 5.74) is 13.7. The van der Waals surface area contributed by atoms with Gasteiger partial charge in [0.05, 0.1) is 0 Å². The predicted octanol–water partition coefficient (Wildman–Crippen LogP) is 6.65. The van der Waals surface area contributed by atoms with Gasteiger partial charge in [-0.05, 0) is 64.4 Å². The molecule has 6 rings (SSSR count). The second-order valence-electron chi connectivity index (χ2n) is 11.8. The Hall–Kier alpha value is -5.68. The second-order valence-corrected chi connectivity index (χ2v) is 11.8. The topological polar surface area (TPSA) is 169 Å². The Balaban J connectivity index is 0.000000263. The highest BCUT2D eigenvalue weighted by atomic mass is 16.6. The molecule has 2 unspecified atom stereocenters. The number of carbonyl (C=O) groups excluding carboxylic acids is 3. The minimum absolute atomic E-state index is 0. The number of hydrogen-bond donors (Lipinski definition) is 5. The van der Waals surface area contributed by atoms with Gasteiger partial charge in [0.1, 0.15) is 25.3 Å². The van der Waals surface area contributed by atoms with Crippen LogP contribution in [0, 0.1) is 0 Å². The van der Waals surface area contributed by atoms with Gasteiger partial charge in [-0.2, -0.15) is 0 Å². The molecule has 0 aromatic heterocycles. The van der Waals surface area contributed by atoms with Crippen LogP contribution in [-0.4, -0.2) is 68.6 Å². The lowest BCUT2D eigenvalue weighted by molar-refractivity contribution is -0.139. The van der Waals surface area contributed by atoms with Crippen molar-refractivity contribution in [2.24, 2.45) is 5.73 Å². The molecule has 11 nitrogen and oxygen atoms in total. The average Bonchev–Trinajstić information content (AvgIpc) is 3.67. The number of nitrogens with one attached hydrogen (secondary N) is 3. The Kier molecular flexibility index (Phi) is 15.4. The molecule has 2 atom stereocenters. The summed E-state index contributed by atoms with van der Waals surface area (Å²) >= 11 is 0. The number of nitrogens with two attached hydrogens (primary N) is 1. The molecule has 0 saturated carbocycles. The van der Waals surface area contributed by atoms with Gasteiger partial charge in [0, 0.05) is 18.9 Å². The predicted molar refractivity (Wildman–Crippen MR) is 203 cm³/mol. The number of benzene rings is 4. The number of alkyl carbamates (subject to hydrolysis) is 2. The summed E-state index contributed by atoms with van der Waals surface area (Å²) in [6, 6.07) is 30.9. The van der Waals surface area contributed by atoms with Crippen LogP contribution < -0.4 is 21.7 Å². The summed E-state index contributed by atoms with van der Waals surface area (Å²) in [7, 11) is 3.05. The maximum Gasteiger partial charge on any atom is 0.407 e.